The van der Waals surface area contributed by atoms with Gasteiger partial charge in [0.15, 0.2) is 0 Å². The van der Waals surface area contributed by atoms with Crippen molar-refractivity contribution in [3.63, 3.8) is 0 Å². The largest absolute Gasteiger partial charge is 0.480 e. The number of carboxylic acids is 1. The Labute approximate surface area is 106 Å². The minimum absolute atomic E-state index is 0.0592. The molecule has 1 aromatic rings. The summed E-state index contributed by atoms with van der Waals surface area (Å²) in [5.74, 6) is -1.40. The summed E-state index contributed by atoms with van der Waals surface area (Å²) in [6.45, 7) is 1.97. The highest BCUT2D eigenvalue weighted by atomic mass is 16.5. The van der Waals surface area contributed by atoms with Gasteiger partial charge < -0.3 is 14.7 Å². The minimum atomic E-state index is -0.984. The molecule has 1 aromatic carbocycles. The Bertz CT molecular complexity index is 391. The predicted octanol–water partition coefficient (Wildman–Crippen LogP) is 1.53. The molecule has 0 heterocycles. The van der Waals surface area contributed by atoms with Crippen LogP contribution in [0.1, 0.15) is 13.3 Å². The van der Waals surface area contributed by atoms with Crippen molar-refractivity contribution < 1.29 is 19.4 Å². The van der Waals surface area contributed by atoms with Gasteiger partial charge in [0.05, 0.1) is 6.61 Å². The fourth-order valence-corrected chi connectivity index (χ4v) is 1.46. The van der Waals surface area contributed by atoms with Gasteiger partial charge in [0.1, 0.15) is 13.1 Å². The van der Waals surface area contributed by atoms with Crippen molar-refractivity contribution in [1.29, 1.82) is 0 Å². The topological polar surface area (TPSA) is 66.8 Å². The minimum Gasteiger partial charge on any atom is -0.480 e. The van der Waals surface area contributed by atoms with Crippen LogP contribution in [0.4, 0.5) is 5.69 Å². The maximum absolute atomic E-state index is 11.5. The Morgan fingerprint density at radius 3 is 2.44 bits per heavy atom. The Hall–Kier alpha value is -2.04. The number of hydrogen-bond donors (Lipinski definition) is 1. The van der Waals surface area contributed by atoms with E-state index < -0.39 is 11.9 Å². The number of aliphatic carboxylic acids is 1. The smallest absolute Gasteiger partial charge is 0.325 e. The van der Waals surface area contributed by atoms with Crippen molar-refractivity contribution in [1.82, 2.24) is 0 Å². The molecule has 0 aliphatic rings. The molecule has 98 valence electrons. The normalized spacial score (nSPS) is 9.83. The van der Waals surface area contributed by atoms with Crippen LogP contribution in [-0.4, -0.2) is 36.7 Å². The Kier molecular flexibility index (Phi) is 5.70. The summed E-state index contributed by atoms with van der Waals surface area (Å²) >= 11 is 0. The number of carbonyl (C=O) groups is 2. The second kappa shape index (κ2) is 7.32. The highest BCUT2D eigenvalue weighted by Crippen LogP contribution is 2.12. The third kappa shape index (κ3) is 4.86. The van der Waals surface area contributed by atoms with Crippen LogP contribution in [0.3, 0.4) is 0 Å². The van der Waals surface area contributed by atoms with Gasteiger partial charge in [-0.3, -0.25) is 9.59 Å². The first-order valence-corrected chi connectivity index (χ1v) is 5.81. The first-order chi connectivity index (χ1) is 8.63. The van der Waals surface area contributed by atoms with E-state index >= 15 is 0 Å². The lowest BCUT2D eigenvalue weighted by Crippen LogP contribution is -2.35. The fraction of sp³-hybridized carbons (Fsp3) is 0.385. The zero-order chi connectivity index (χ0) is 13.4. The monoisotopic (exact) mass is 251 g/mol. The number of hydrogen-bond acceptors (Lipinski definition) is 4. The van der Waals surface area contributed by atoms with E-state index in [4.69, 9.17) is 9.84 Å². The highest BCUT2D eigenvalue weighted by Gasteiger charge is 2.15. The summed E-state index contributed by atoms with van der Waals surface area (Å²) in [6.07, 6.45) is 0.746. The summed E-state index contributed by atoms with van der Waals surface area (Å²) in [5, 5.41) is 8.84. The number of ether oxygens (including phenoxy) is 1. The molecule has 5 heteroatoms. The van der Waals surface area contributed by atoms with Crippen LogP contribution in [0.5, 0.6) is 0 Å². The van der Waals surface area contributed by atoms with Crippen molar-refractivity contribution in [2.75, 3.05) is 24.6 Å². The molecule has 0 atom stereocenters. The van der Waals surface area contributed by atoms with Gasteiger partial charge >= 0.3 is 11.9 Å². The van der Waals surface area contributed by atoms with Crippen LogP contribution in [0.2, 0.25) is 0 Å². The second-order valence-corrected chi connectivity index (χ2v) is 3.81. The first kappa shape index (κ1) is 14.0. The predicted molar refractivity (Wildman–Crippen MR) is 67.5 cm³/mol. The quantitative estimate of drug-likeness (QED) is 0.744. The van der Waals surface area contributed by atoms with E-state index in [9.17, 15) is 9.59 Å². The van der Waals surface area contributed by atoms with E-state index in [0.29, 0.717) is 12.3 Å². The standard InChI is InChI=1S/C13H17NO4/c1-2-8-18-13(17)10-14(9-12(15)16)11-6-4-3-5-7-11/h3-7H,2,8-10H2,1H3,(H,15,16). The Morgan fingerprint density at radius 1 is 1.22 bits per heavy atom. The lowest BCUT2D eigenvalue weighted by molar-refractivity contribution is -0.142. The molecule has 1 N–H and O–H groups in total. The Balaban J connectivity index is 2.67. The average molecular weight is 251 g/mol. The third-order valence-electron chi connectivity index (χ3n) is 2.23. The summed E-state index contributed by atoms with van der Waals surface area (Å²) in [4.78, 5) is 23.8. The van der Waals surface area contributed by atoms with Crippen LogP contribution in [0.15, 0.2) is 30.3 Å². The van der Waals surface area contributed by atoms with Crippen LogP contribution in [-0.2, 0) is 14.3 Å². The first-order valence-electron chi connectivity index (χ1n) is 5.81. The number of esters is 1. The van der Waals surface area contributed by atoms with Gasteiger partial charge in [-0.2, -0.15) is 0 Å². The van der Waals surface area contributed by atoms with Crippen molar-refractivity contribution in [3.8, 4) is 0 Å². The summed E-state index contributed by atoms with van der Waals surface area (Å²) < 4.78 is 4.95. The lowest BCUT2D eigenvalue weighted by atomic mass is 10.3. The van der Waals surface area contributed by atoms with Gasteiger partial charge in [0, 0.05) is 5.69 Å². The fourth-order valence-electron chi connectivity index (χ4n) is 1.46. The zero-order valence-corrected chi connectivity index (χ0v) is 10.3. The van der Waals surface area contributed by atoms with Crippen molar-refractivity contribution in [3.05, 3.63) is 30.3 Å². The van der Waals surface area contributed by atoms with Gasteiger partial charge in [0.2, 0.25) is 0 Å². The van der Waals surface area contributed by atoms with E-state index in [2.05, 4.69) is 0 Å². The molecule has 0 aliphatic heterocycles. The van der Waals surface area contributed by atoms with Crippen LogP contribution >= 0.6 is 0 Å². The molecule has 0 spiro atoms. The van der Waals surface area contributed by atoms with Gasteiger partial charge in [-0.05, 0) is 18.6 Å². The number of benzene rings is 1. The average Bonchev–Trinajstić information content (AvgIpc) is 2.36. The van der Waals surface area contributed by atoms with Crippen LogP contribution < -0.4 is 4.90 Å². The Morgan fingerprint density at radius 2 is 1.89 bits per heavy atom. The van der Waals surface area contributed by atoms with Gasteiger partial charge in [-0.25, -0.2) is 0 Å². The summed E-state index contributed by atoms with van der Waals surface area (Å²) in [5.41, 5.74) is 0.688. The molecule has 0 unspecified atom stereocenters. The number of anilines is 1. The molecule has 0 saturated heterocycles. The van der Waals surface area contributed by atoms with E-state index in [1.54, 1.807) is 24.3 Å². The SMILES string of the molecule is CCCOC(=O)CN(CC(=O)O)c1ccccc1. The molecular weight excluding hydrogens is 234 g/mol. The van der Waals surface area contributed by atoms with E-state index in [1.807, 2.05) is 13.0 Å². The van der Waals surface area contributed by atoms with Crippen molar-refractivity contribution in [2.24, 2.45) is 0 Å². The molecule has 5 nitrogen and oxygen atoms in total. The molecule has 0 aromatic heterocycles. The summed E-state index contributed by atoms with van der Waals surface area (Å²) in [6, 6.07) is 8.94. The summed E-state index contributed by atoms with van der Waals surface area (Å²) in [7, 11) is 0. The maximum Gasteiger partial charge on any atom is 0.325 e. The number of nitrogens with zero attached hydrogens (tertiary/aromatic N) is 1. The molecule has 18 heavy (non-hydrogen) atoms. The van der Waals surface area contributed by atoms with Crippen LogP contribution in [0, 0.1) is 0 Å². The number of carbonyl (C=O) groups excluding carboxylic acids is 1. The number of para-hydroxylation sites is 1. The molecule has 0 aliphatic carbocycles. The molecule has 0 saturated carbocycles. The lowest BCUT2D eigenvalue weighted by Gasteiger charge is -2.21. The second-order valence-electron chi connectivity index (χ2n) is 3.81. The van der Waals surface area contributed by atoms with E-state index in [-0.39, 0.29) is 13.1 Å². The van der Waals surface area contributed by atoms with Crippen molar-refractivity contribution in [2.45, 2.75) is 13.3 Å². The number of rotatable bonds is 7. The van der Waals surface area contributed by atoms with E-state index in [1.165, 1.54) is 4.90 Å². The van der Waals surface area contributed by atoms with Crippen molar-refractivity contribution >= 4 is 17.6 Å². The van der Waals surface area contributed by atoms with Gasteiger partial charge in [-0.1, -0.05) is 25.1 Å². The van der Waals surface area contributed by atoms with Crippen LogP contribution in [0.25, 0.3) is 0 Å². The zero-order valence-electron chi connectivity index (χ0n) is 10.3. The molecule has 1 rings (SSSR count). The third-order valence-corrected chi connectivity index (χ3v) is 2.23. The number of carboxylic acid groups (broad SMARTS) is 1. The maximum atomic E-state index is 11.5. The van der Waals surface area contributed by atoms with E-state index in [0.717, 1.165) is 6.42 Å². The highest BCUT2D eigenvalue weighted by molar-refractivity contribution is 5.80. The van der Waals surface area contributed by atoms with Gasteiger partial charge in [0.25, 0.3) is 0 Å². The molecular formula is C13H17NO4. The molecule has 0 radical (unpaired) electrons. The molecule has 0 bridgehead atoms. The van der Waals surface area contributed by atoms with Gasteiger partial charge in [-0.15, -0.1) is 0 Å². The molecule has 0 amide bonds. The molecule has 0 fully saturated rings.